The summed E-state index contributed by atoms with van der Waals surface area (Å²) in [5.41, 5.74) is 0. The minimum atomic E-state index is -0.738. The highest BCUT2D eigenvalue weighted by molar-refractivity contribution is 5.67. The maximum atomic E-state index is 10.5. The number of aliphatic hydroxyl groups is 1. The minimum Gasteiger partial charge on any atom is -0.481 e. The van der Waals surface area contributed by atoms with Crippen molar-refractivity contribution in [2.75, 3.05) is 0 Å². The van der Waals surface area contributed by atoms with Crippen LogP contribution in [0.25, 0.3) is 0 Å². The van der Waals surface area contributed by atoms with Crippen molar-refractivity contribution in [1.29, 1.82) is 0 Å². The van der Waals surface area contributed by atoms with E-state index >= 15 is 0 Å². The first-order valence-corrected chi connectivity index (χ1v) is 5.08. The summed E-state index contributed by atoms with van der Waals surface area (Å²) in [4.78, 5) is 10.5. The van der Waals surface area contributed by atoms with Crippen LogP contribution >= 0.6 is 0 Å². The third kappa shape index (κ3) is 4.27. The van der Waals surface area contributed by atoms with Gasteiger partial charge in [-0.05, 0) is 25.2 Å². The summed E-state index contributed by atoms with van der Waals surface area (Å²) in [7, 11) is 0. The maximum Gasteiger partial charge on any atom is 0.303 e. The van der Waals surface area contributed by atoms with Crippen molar-refractivity contribution in [3.8, 4) is 0 Å². The molecule has 0 aromatic heterocycles. The van der Waals surface area contributed by atoms with Gasteiger partial charge in [-0.2, -0.15) is 0 Å². The summed E-state index contributed by atoms with van der Waals surface area (Å²) in [6.07, 6.45) is 5.76. The molecule has 0 radical (unpaired) electrons. The van der Waals surface area contributed by atoms with Crippen molar-refractivity contribution in [1.82, 2.24) is 0 Å². The molecular weight excluding hydrogens is 168 g/mol. The third-order valence-corrected chi connectivity index (χ3v) is 2.72. The predicted octanol–water partition coefficient (Wildman–Crippen LogP) is 1.79. The molecule has 3 nitrogen and oxygen atoms in total. The zero-order valence-electron chi connectivity index (χ0n) is 7.91. The van der Waals surface area contributed by atoms with E-state index in [1.807, 2.05) is 0 Å². The van der Waals surface area contributed by atoms with Crippen LogP contribution in [0.2, 0.25) is 0 Å². The summed E-state index contributed by atoms with van der Waals surface area (Å²) in [5, 5.41) is 18.1. The Balaban J connectivity index is 2.36. The van der Waals surface area contributed by atoms with Crippen LogP contribution in [0.4, 0.5) is 0 Å². The molecule has 2 unspecified atom stereocenters. The molecule has 76 valence electrons. The van der Waals surface area contributed by atoms with Crippen molar-refractivity contribution in [2.45, 2.75) is 51.0 Å². The lowest BCUT2D eigenvalue weighted by atomic mass is 9.87. The fourth-order valence-electron chi connectivity index (χ4n) is 2.04. The van der Waals surface area contributed by atoms with E-state index in [1.54, 1.807) is 0 Å². The van der Waals surface area contributed by atoms with Gasteiger partial charge < -0.3 is 10.2 Å². The first-order chi connectivity index (χ1) is 6.18. The van der Waals surface area contributed by atoms with Crippen LogP contribution < -0.4 is 0 Å². The molecule has 1 saturated carbocycles. The molecule has 0 heterocycles. The zero-order valence-corrected chi connectivity index (χ0v) is 7.91. The Morgan fingerprint density at radius 3 is 2.62 bits per heavy atom. The second kappa shape index (κ2) is 5.22. The molecule has 2 atom stereocenters. The van der Waals surface area contributed by atoms with E-state index in [4.69, 9.17) is 5.11 Å². The van der Waals surface area contributed by atoms with Crippen LogP contribution in [0.15, 0.2) is 0 Å². The number of hydrogen-bond acceptors (Lipinski definition) is 2. The van der Waals surface area contributed by atoms with Crippen LogP contribution in [0.5, 0.6) is 0 Å². The Hall–Kier alpha value is -0.570. The van der Waals surface area contributed by atoms with Crippen molar-refractivity contribution in [3.63, 3.8) is 0 Å². The fraction of sp³-hybridized carbons (Fsp3) is 0.900. The van der Waals surface area contributed by atoms with Gasteiger partial charge in [0, 0.05) is 6.42 Å². The SMILES string of the molecule is O=C(O)CC1CCCCCC(O)C1. The smallest absolute Gasteiger partial charge is 0.303 e. The number of aliphatic carboxylic acids is 1. The highest BCUT2D eigenvalue weighted by atomic mass is 16.4. The van der Waals surface area contributed by atoms with Crippen molar-refractivity contribution in [2.24, 2.45) is 5.92 Å². The number of carbonyl (C=O) groups is 1. The summed E-state index contributed by atoms with van der Waals surface area (Å²) < 4.78 is 0. The summed E-state index contributed by atoms with van der Waals surface area (Å²) >= 11 is 0. The molecule has 2 N–H and O–H groups in total. The van der Waals surface area contributed by atoms with E-state index in [0.29, 0.717) is 6.42 Å². The monoisotopic (exact) mass is 186 g/mol. The lowest BCUT2D eigenvalue weighted by molar-refractivity contribution is -0.138. The Kier molecular flexibility index (Phi) is 4.22. The molecule has 0 aromatic carbocycles. The molecule has 1 aliphatic rings. The van der Waals surface area contributed by atoms with Gasteiger partial charge in [-0.1, -0.05) is 19.3 Å². The van der Waals surface area contributed by atoms with Crippen LogP contribution in [-0.4, -0.2) is 22.3 Å². The summed E-state index contributed by atoms with van der Waals surface area (Å²) in [6, 6.07) is 0. The fourth-order valence-corrected chi connectivity index (χ4v) is 2.04. The minimum absolute atomic E-state index is 0.188. The second-order valence-electron chi connectivity index (χ2n) is 3.99. The van der Waals surface area contributed by atoms with E-state index in [-0.39, 0.29) is 18.4 Å². The molecule has 3 heteroatoms. The Morgan fingerprint density at radius 1 is 1.23 bits per heavy atom. The molecule has 0 bridgehead atoms. The van der Waals surface area contributed by atoms with E-state index in [1.165, 1.54) is 0 Å². The molecule has 1 aliphatic carbocycles. The summed E-state index contributed by atoms with van der Waals surface area (Å²) in [6.45, 7) is 0. The molecule has 0 aliphatic heterocycles. The largest absolute Gasteiger partial charge is 0.481 e. The first-order valence-electron chi connectivity index (χ1n) is 5.08. The van der Waals surface area contributed by atoms with Gasteiger partial charge in [-0.15, -0.1) is 0 Å². The van der Waals surface area contributed by atoms with Gasteiger partial charge >= 0.3 is 5.97 Å². The Labute approximate surface area is 78.8 Å². The van der Waals surface area contributed by atoms with Gasteiger partial charge in [0.05, 0.1) is 6.10 Å². The van der Waals surface area contributed by atoms with Gasteiger partial charge in [0.1, 0.15) is 0 Å². The molecular formula is C10H18O3. The number of carboxylic acid groups (broad SMARTS) is 1. The van der Waals surface area contributed by atoms with Gasteiger partial charge in [0.15, 0.2) is 0 Å². The molecule has 0 amide bonds. The molecule has 0 aromatic rings. The van der Waals surface area contributed by atoms with Crippen LogP contribution in [-0.2, 0) is 4.79 Å². The van der Waals surface area contributed by atoms with Crippen molar-refractivity contribution < 1.29 is 15.0 Å². The average Bonchev–Trinajstić information content (AvgIpc) is 1.98. The number of carboxylic acids is 1. The topological polar surface area (TPSA) is 57.5 Å². The second-order valence-corrected chi connectivity index (χ2v) is 3.99. The molecule has 13 heavy (non-hydrogen) atoms. The van der Waals surface area contributed by atoms with E-state index < -0.39 is 5.97 Å². The van der Waals surface area contributed by atoms with Crippen LogP contribution in [0, 0.1) is 5.92 Å². The molecule has 0 saturated heterocycles. The van der Waals surface area contributed by atoms with Crippen LogP contribution in [0.1, 0.15) is 44.9 Å². The quantitative estimate of drug-likeness (QED) is 0.691. The molecule has 1 rings (SSSR count). The number of rotatable bonds is 2. The standard InChI is InChI=1S/C10H18O3/c11-9-5-3-1-2-4-8(6-9)7-10(12)13/h8-9,11H,1-7H2,(H,12,13). The van der Waals surface area contributed by atoms with Crippen LogP contribution in [0.3, 0.4) is 0 Å². The third-order valence-electron chi connectivity index (χ3n) is 2.72. The highest BCUT2D eigenvalue weighted by Crippen LogP contribution is 2.24. The molecule has 0 spiro atoms. The predicted molar refractivity (Wildman–Crippen MR) is 49.5 cm³/mol. The number of aliphatic hydroxyl groups excluding tert-OH is 1. The maximum absolute atomic E-state index is 10.5. The lowest BCUT2D eigenvalue weighted by Crippen LogP contribution is -2.18. The first kappa shape index (κ1) is 10.5. The Morgan fingerprint density at radius 2 is 1.92 bits per heavy atom. The van der Waals surface area contributed by atoms with Gasteiger partial charge in [0.2, 0.25) is 0 Å². The van der Waals surface area contributed by atoms with E-state index in [9.17, 15) is 9.90 Å². The van der Waals surface area contributed by atoms with Crippen molar-refractivity contribution in [3.05, 3.63) is 0 Å². The van der Waals surface area contributed by atoms with E-state index in [0.717, 1.165) is 32.1 Å². The number of hydrogen-bond donors (Lipinski definition) is 2. The normalized spacial score (nSPS) is 30.5. The Bertz CT molecular complexity index is 168. The zero-order chi connectivity index (χ0) is 9.68. The lowest BCUT2D eigenvalue weighted by Gasteiger charge is -2.21. The van der Waals surface area contributed by atoms with E-state index in [2.05, 4.69) is 0 Å². The highest BCUT2D eigenvalue weighted by Gasteiger charge is 2.19. The van der Waals surface area contributed by atoms with Gasteiger partial charge in [-0.3, -0.25) is 4.79 Å². The van der Waals surface area contributed by atoms with Crippen molar-refractivity contribution >= 4 is 5.97 Å². The van der Waals surface area contributed by atoms with Gasteiger partial charge in [0.25, 0.3) is 0 Å². The molecule has 1 fully saturated rings. The summed E-state index contributed by atoms with van der Waals surface area (Å²) in [5.74, 6) is -0.550. The van der Waals surface area contributed by atoms with Gasteiger partial charge in [-0.25, -0.2) is 0 Å². The average molecular weight is 186 g/mol.